The van der Waals surface area contributed by atoms with Gasteiger partial charge in [-0.15, -0.1) is 0 Å². The molecule has 2 heterocycles. The van der Waals surface area contributed by atoms with Crippen LogP contribution >= 0.6 is 11.5 Å². The Morgan fingerprint density at radius 3 is 2.67 bits per heavy atom. The molecule has 0 bridgehead atoms. The minimum absolute atomic E-state index is 0.0177. The average Bonchev–Trinajstić information content (AvgIpc) is 2.93. The minimum Gasteiger partial charge on any atom is -0.393 e. The third-order valence-electron chi connectivity index (χ3n) is 4.18. The Bertz CT molecular complexity index is 440. The van der Waals surface area contributed by atoms with E-state index in [-0.39, 0.29) is 11.5 Å². The largest absolute Gasteiger partial charge is 0.393 e. The highest BCUT2D eigenvalue weighted by molar-refractivity contribution is 7.09. The van der Waals surface area contributed by atoms with E-state index in [1.165, 1.54) is 11.5 Å². The molecule has 0 amide bonds. The second kappa shape index (κ2) is 4.17. The summed E-state index contributed by atoms with van der Waals surface area (Å²) in [6, 6.07) is 0. The lowest BCUT2D eigenvalue weighted by atomic mass is 9.96. The van der Waals surface area contributed by atoms with Gasteiger partial charge in [-0.25, -0.2) is 4.98 Å². The van der Waals surface area contributed by atoms with Crippen LogP contribution in [0.5, 0.6) is 0 Å². The van der Waals surface area contributed by atoms with Gasteiger partial charge in [-0.3, -0.25) is 0 Å². The van der Waals surface area contributed by atoms with Crippen LogP contribution in [-0.4, -0.2) is 33.7 Å². The molecule has 1 saturated heterocycles. The maximum Gasteiger partial charge on any atom is 0.205 e. The maximum absolute atomic E-state index is 9.94. The van der Waals surface area contributed by atoms with Crippen LogP contribution in [0.1, 0.15) is 39.4 Å². The third-order valence-corrected chi connectivity index (χ3v) is 4.95. The molecule has 1 aliphatic carbocycles. The Balaban J connectivity index is 1.75. The first-order chi connectivity index (χ1) is 8.45. The molecule has 3 unspecified atom stereocenters. The predicted octanol–water partition coefficient (Wildman–Crippen LogP) is 2.04. The summed E-state index contributed by atoms with van der Waals surface area (Å²) < 4.78 is 4.47. The highest BCUT2D eigenvalue weighted by Gasteiger charge is 2.42. The molecule has 3 atom stereocenters. The summed E-state index contributed by atoms with van der Waals surface area (Å²) in [5.41, 5.74) is 0.0177. The Morgan fingerprint density at radius 2 is 2.06 bits per heavy atom. The van der Waals surface area contributed by atoms with E-state index >= 15 is 0 Å². The van der Waals surface area contributed by atoms with Crippen LogP contribution in [0.4, 0.5) is 5.13 Å². The van der Waals surface area contributed by atoms with E-state index in [9.17, 15) is 5.11 Å². The molecule has 2 fully saturated rings. The van der Waals surface area contributed by atoms with Crippen LogP contribution in [0.25, 0.3) is 0 Å². The molecular formula is C13H21N3OS. The van der Waals surface area contributed by atoms with Crippen molar-refractivity contribution in [1.82, 2.24) is 9.36 Å². The number of anilines is 1. The molecule has 1 aliphatic heterocycles. The molecule has 0 spiro atoms. The van der Waals surface area contributed by atoms with Gasteiger partial charge in [0, 0.05) is 36.0 Å². The molecule has 5 heteroatoms. The van der Waals surface area contributed by atoms with Gasteiger partial charge in [-0.1, -0.05) is 20.8 Å². The van der Waals surface area contributed by atoms with E-state index in [1.807, 2.05) is 0 Å². The lowest BCUT2D eigenvalue weighted by Crippen LogP contribution is -2.24. The second-order valence-corrected chi connectivity index (χ2v) is 7.35. The second-order valence-electron chi connectivity index (χ2n) is 6.62. The van der Waals surface area contributed by atoms with Crippen molar-refractivity contribution in [3.05, 3.63) is 5.82 Å². The summed E-state index contributed by atoms with van der Waals surface area (Å²) in [6.45, 7) is 8.41. The molecule has 0 radical (unpaired) electrons. The van der Waals surface area contributed by atoms with E-state index < -0.39 is 0 Å². The van der Waals surface area contributed by atoms with Crippen molar-refractivity contribution < 1.29 is 5.11 Å². The topological polar surface area (TPSA) is 49.2 Å². The van der Waals surface area contributed by atoms with E-state index in [2.05, 4.69) is 35.0 Å². The highest BCUT2D eigenvalue weighted by Crippen LogP contribution is 2.40. The van der Waals surface area contributed by atoms with Gasteiger partial charge in [0.1, 0.15) is 5.82 Å². The third kappa shape index (κ3) is 2.03. The van der Waals surface area contributed by atoms with E-state index in [0.29, 0.717) is 11.8 Å². The SMILES string of the molecule is CC(C)(C)c1nsc(N2CC3CCC(O)C3C2)n1. The Hall–Kier alpha value is -0.680. The number of hydrogen-bond donors (Lipinski definition) is 1. The molecular weight excluding hydrogens is 246 g/mol. The molecule has 18 heavy (non-hydrogen) atoms. The molecule has 3 rings (SSSR count). The molecule has 4 nitrogen and oxygen atoms in total. The van der Waals surface area contributed by atoms with Gasteiger partial charge in [-0.2, -0.15) is 4.37 Å². The molecule has 1 saturated carbocycles. The zero-order valence-electron chi connectivity index (χ0n) is 11.3. The van der Waals surface area contributed by atoms with Gasteiger partial charge in [-0.05, 0) is 18.8 Å². The summed E-state index contributed by atoms with van der Waals surface area (Å²) >= 11 is 1.50. The van der Waals surface area contributed by atoms with Crippen molar-refractivity contribution in [2.24, 2.45) is 11.8 Å². The van der Waals surface area contributed by atoms with Gasteiger partial charge in [0.25, 0.3) is 0 Å². The summed E-state index contributed by atoms with van der Waals surface area (Å²) in [5.74, 6) is 2.04. The zero-order valence-corrected chi connectivity index (χ0v) is 12.1. The number of aliphatic hydroxyl groups excluding tert-OH is 1. The van der Waals surface area contributed by atoms with Crippen molar-refractivity contribution in [3.63, 3.8) is 0 Å². The standard InChI is InChI=1S/C13H21N3OS/c1-13(2,3)11-14-12(18-15-11)16-6-8-4-5-10(17)9(8)7-16/h8-10,17H,4-7H2,1-3H3. The fourth-order valence-electron chi connectivity index (χ4n) is 3.04. The van der Waals surface area contributed by atoms with Gasteiger partial charge >= 0.3 is 0 Å². The predicted molar refractivity (Wildman–Crippen MR) is 73.0 cm³/mol. The molecule has 1 aromatic rings. The zero-order chi connectivity index (χ0) is 12.9. The van der Waals surface area contributed by atoms with Crippen molar-refractivity contribution >= 4 is 16.7 Å². The molecule has 0 aromatic carbocycles. The number of hydrogen-bond acceptors (Lipinski definition) is 5. The normalized spacial score (nSPS) is 32.0. The highest BCUT2D eigenvalue weighted by atomic mass is 32.1. The fraction of sp³-hybridized carbons (Fsp3) is 0.846. The number of nitrogens with zero attached hydrogens (tertiary/aromatic N) is 3. The van der Waals surface area contributed by atoms with Gasteiger partial charge in [0.2, 0.25) is 5.13 Å². The van der Waals surface area contributed by atoms with Crippen LogP contribution in [-0.2, 0) is 5.41 Å². The minimum atomic E-state index is -0.102. The monoisotopic (exact) mass is 267 g/mol. The first-order valence-corrected chi connectivity index (χ1v) is 7.49. The smallest absolute Gasteiger partial charge is 0.205 e. The number of aliphatic hydroxyl groups is 1. The van der Waals surface area contributed by atoms with Crippen molar-refractivity contribution in [3.8, 4) is 0 Å². The van der Waals surface area contributed by atoms with E-state index in [4.69, 9.17) is 0 Å². The Morgan fingerprint density at radius 1 is 1.28 bits per heavy atom. The van der Waals surface area contributed by atoms with Crippen LogP contribution in [0.2, 0.25) is 0 Å². The fourth-order valence-corrected chi connectivity index (χ4v) is 3.92. The van der Waals surface area contributed by atoms with Crippen LogP contribution in [0, 0.1) is 11.8 Å². The van der Waals surface area contributed by atoms with Gasteiger partial charge in [0.05, 0.1) is 6.10 Å². The van der Waals surface area contributed by atoms with Crippen LogP contribution in [0.15, 0.2) is 0 Å². The lowest BCUT2D eigenvalue weighted by molar-refractivity contribution is 0.133. The number of fused-ring (bicyclic) bond motifs is 1. The molecule has 2 aliphatic rings. The van der Waals surface area contributed by atoms with Crippen LogP contribution in [0.3, 0.4) is 0 Å². The Kier molecular flexibility index (Phi) is 2.86. The first-order valence-electron chi connectivity index (χ1n) is 6.72. The van der Waals surface area contributed by atoms with Gasteiger partial charge < -0.3 is 10.0 Å². The summed E-state index contributed by atoms with van der Waals surface area (Å²) in [6.07, 6.45) is 2.04. The molecule has 1 aromatic heterocycles. The summed E-state index contributed by atoms with van der Waals surface area (Å²) in [4.78, 5) is 6.98. The van der Waals surface area contributed by atoms with Crippen molar-refractivity contribution in [1.29, 1.82) is 0 Å². The number of aromatic nitrogens is 2. The van der Waals surface area contributed by atoms with E-state index in [0.717, 1.165) is 36.9 Å². The van der Waals surface area contributed by atoms with Crippen molar-refractivity contribution in [2.45, 2.75) is 45.1 Å². The van der Waals surface area contributed by atoms with Crippen LogP contribution < -0.4 is 4.90 Å². The summed E-state index contributed by atoms with van der Waals surface area (Å²) in [7, 11) is 0. The summed E-state index contributed by atoms with van der Waals surface area (Å²) in [5, 5.41) is 11.0. The van der Waals surface area contributed by atoms with Gasteiger partial charge in [0.15, 0.2) is 0 Å². The van der Waals surface area contributed by atoms with E-state index in [1.54, 1.807) is 0 Å². The quantitative estimate of drug-likeness (QED) is 0.846. The first kappa shape index (κ1) is 12.4. The maximum atomic E-state index is 9.94. The lowest BCUT2D eigenvalue weighted by Gasteiger charge is -2.17. The van der Waals surface area contributed by atoms with Crippen molar-refractivity contribution in [2.75, 3.05) is 18.0 Å². The molecule has 100 valence electrons. The number of rotatable bonds is 1. The molecule has 1 N–H and O–H groups in total. The Labute approximate surface area is 112 Å². The average molecular weight is 267 g/mol.